The van der Waals surface area contributed by atoms with Crippen molar-refractivity contribution in [3.63, 3.8) is 0 Å². The summed E-state index contributed by atoms with van der Waals surface area (Å²) in [6.45, 7) is 0. The van der Waals surface area contributed by atoms with Gasteiger partial charge in [-0.1, -0.05) is 36.4 Å². The molecule has 7 rings (SSSR count). The SMILES string of the molecule is O=C(CCCc1cn(S(=O)(=O)c2ccccc2)c2ccccc12)NC12CC3CC(CC(C3)C1)C2. The zero-order valence-corrected chi connectivity index (χ0v) is 20.3. The topological polar surface area (TPSA) is 68.2 Å². The second-order valence-electron chi connectivity index (χ2n) is 10.9. The summed E-state index contributed by atoms with van der Waals surface area (Å²) in [6, 6.07) is 16.1. The Hall–Kier alpha value is -2.60. The number of carbonyl (C=O) groups excluding carboxylic acids is 1. The highest BCUT2D eigenvalue weighted by Gasteiger charge is 2.51. The molecule has 6 heteroatoms. The summed E-state index contributed by atoms with van der Waals surface area (Å²) < 4.78 is 28.0. The molecule has 34 heavy (non-hydrogen) atoms. The fourth-order valence-electron chi connectivity index (χ4n) is 7.38. The van der Waals surface area contributed by atoms with Gasteiger partial charge in [0.25, 0.3) is 10.0 Å². The Kier molecular flexibility index (Phi) is 5.32. The normalized spacial score (nSPS) is 27.8. The first-order valence-electron chi connectivity index (χ1n) is 12.6. The zero-order chi connectivity index (χ0) is 23.3. The fraction of sp³-hybridized carbons (Fsp3) is 0.464. The molecule has 0 spiro atoms. The summed E-state index contributed by atoms with van der Waals surface area (Å²) >= 11 is 0. The molecule has 3 aromatic rings. The molecule has 1 heterocycles. The van der Waals surface area contributed by atoms with Crippen molar-refractivity contribution in [2.45, 2.75) is 68.2 Å². The summed E-state index contributed by atoms with van der Waals surface area (Å²) in [5.41, 5.74) is 1.70. The van der Waals surface area contributed by atoms with Crippen LogP contribution in [0.2, 0.25) is 0 Å². The molecule has 4 aliphatic rings. The lowest BCUT2D eigenvalue weighted by molar-refractivity contribution is -0.126. The molecular formula is C28H32N2O3S. The van der Waals surface area contributed by atoms with E-state index in [-0.39, 0.29) is 16.3 Å². The number of fused-ring (bicyclic) bond motifs is 1. The molecule has 0 unspecified atom stereocenters. The molecule has 4 aliphatic carbocycles. The summed E-state index contributed by atoms with van der Waals surface area (Å²) in [5.74, 6) is 2.58. The molecule has 0 saturated heterocycles. The molecule has 0 atom stereocenters. The average Bonchev–Trinajstić information content (AvgIpc) is 3.18. The van der Waals surface area contributed by atoms with Crippen LogP contribution in [-0.2, 0) is 21.2 Å². The molecule has 178 valence electrons. The molecule has 5 nitrogen and oxygen atoms in total. The van der Waals surface area contributed by atoms with Crippen LogP contribution in [0.1, 0.15) is 56.9 Å². The number of hydrogen-bond acceptors (Lipinski definition) is 3. The Labute approximate surface area is 201 Å². The van der Waals surface area contributed by atoms with Crippen molar-refractivity contribution in [1.29, 1.82) is 0 Å². The third-order valence-corrected chi connectivity index (χ3v) is 10.0. The zero-order valence-electron chi connectivity index (χ0n) is 19.4. The van der Waals surface area contributed by atoms with Crippen LogP contribution in [0.4, 0.5) is 0 Å². The molecule has 4 saturated carbocycles. The molecule has 0 radical (unpaired) electrons. The van der Waals surface area contributed by atoms with E-state index in [2.05, 4.69) is 5.32 Å². The van der Waals surface area contributed by atoms with Gasteiger partial charge in [-0.05, 0) is 92.9 Å². The summed E-state index contributed by atoms with van der Waals surface area (Å²) in [4.78, 5) is 13.2. The number of hydrogen-bond donors (Lipinski definition) is 1. The molecule has 1 N–H and O–H groups in total. The van der Waals surface area contributed by atoms with Gasteiger partial charge in [-0.2, -0.15) is 0 Å². The van der Waals surface area contributed by atoms with E-state index < -0.39 is 10.0 Å². The minimum atomic E-state index is -3.68. The van der Waals surface area contributed by atoms with Gasteiger partial charge in [-0.3, -0.25) is 4.79 Å². The average molecular weight is 477 g/mol. The van der Waals surface area contributed by atoms with Gasteiger partial charge in [0.2, 0.25) is 5.91 Å². The van der Waals surface area contributed by atoms with Gasteiger partial charge >= 0.3 is 0 Å². The predicted octanol–water partition coefficient (Wildman–Crippen LogP) is 5.29. The van der Waals surface area contributed by atoms with Crippen LogP contribution in [-0.4, -0.2) is 23.8 Å². The third kappa shape index (κ3) is 3.86. The number of amides is 1. The first-order chi connectivity index (χ1) is 16.4. The summed E-state index contributed by atoms with van der Waals surface area (Å²) in [7, 11) is -3.68. The number of nitrogens with one attached hydrogen (secondary N) is 1. The van der Waals surface area contributed by atoms with Crippen molar-refractivity contribution in [2.75, 3.05) is 0 Å². The van der Waals surface area contributed by atoms with Crippen molar-refractivity contribution < 1.29 is 13.2 Å². The quantitative estimate of drug-likeness (QED) is 0.504. The molecule has 1 amide bonds. The number of benzene rings is 2. The van der Waals surface area contributed by atoms with Crippen molar-refractivity contribution in [2.24, 2.45) is 17.8 Å². The van der Waals surface area contributed by atoms with Gasteiger partial charge in [0.15, 0.2) is 0 Å². The number of aromatic nitrogens is 1. The third-order valence-electron chi connectivity index (χ3n) is 8.35. The van der Waals surface area contributed by atoms with E-state index in [9.17, 15) is 13.2 Å². The van der Waals surface area contributed by atoms with Crippen LogP contribution in [0.3, 0.4) is 0 Å². The van der Waals surface area contributed by atoms with Gasteiger partial charge in [-0.25, -0.2) is 12.4 Å². The maximum absolute atomic E-state index is 13.3. The fourth-order valence-corrected chi connectivity index (χ4v) is 8.80. The second kappa shape index (κ2) is 8.26. The van der Waals surface area contributed by atoms with Crippen LogP contribution < -0.4 is 5.32 Å². The van der Waals surface area contributed by atoms with E-state index in [1.165, 1.54) is 23.2 Å². The van der Waals surface area contributed by atoms with Crippen molar-refractivity contribution >= 4 is 26.8 Å². The molecule has 2 aromatic carbocycles. The van der Waals surface area contributed by atoms with Crippen LogP contribution in [0.15, 0.2) is 65.7 Å². The Balaban J connectivity index is 1.16. The van der Waals surface area contributed by atoms with E-state index in [1.54, 1.807) is 30.5 Å². The molecule has 0 aliphatic heterocycles. The van der Waals surface area contributed by atoms with Crippen molar-refractivity contribution in [3.8, 4) is 0 Å². The van der Waals surface area contributed by atoms with E-state index in [4.69, 9.17) is 0 Å². The first kappa shape index (κ1) is 21.9. The maximum atomic E-state index is 13.3. The lowest BCUT2D eigenvalue weighted by Crippen LogP contribution is -2.59. The van der Waals surface area contributed by atoms with Gasteiger partial charge in [0.05, 0.1) is 10.4 Å². The highest BCUT2D eigenvalue weighted by molar-refractivity contribution is 7.90. The minimum Gasteiger partial charge on any atom is -0.351 e. The Morgan fingerprint density at radius 3 is 2.21 bits per heavy atom. The molecule has 4 fully saturated rings. The van der Waals surface area contributed by atoms with Gasteiger partial charge in [0, 0.05) is 23.5 Å². The minimum absolute atomic E-state index is 0.0472. The largest absolute Gasteiger partial charge is 0.351 e. The van der Waals surface area contributed by atoms with Crippen molar-refractivity contribution in [1.82, 2.24) is 9.29 Å². The van der Waals surface area contributed by atoms with Crippen LogP contribution in [0.25, 0.3) is 10.9 Å². The molecular weight excluding hydrogens is 444 g/mol. The summed E-state index contributed by atoms with van der Waals surface area (Å²) in [5, 5.41) is 4.39. The maximum Gasteiger partial charge on any atom is 0.268 e. The Bertz CT molecular complexity index is 1290. The smallest absolute Gasteiger partial charge is 0.268 e. The van der Waals surface area contributed by atoms with E-state index in [0.717, 1.165) is 48.0 Å². The first-order valence-corrected chi connectivity index (χ1v) is 14.1. The highest BCUT2D eigenvalue weighted by atomic mass is 32.2. The number of nitrogens with zero attached hydrogens (tertiary/aromatic N) is 1. The van der Waals surface area contributed by atoms with Crippen molar-refractivity contribution in [3.05, 3.63) is 66.4 Å². The lowest BCUT2D eigenvalue weighted by Gasteiger charge is -2.56. The van der Waals surface area contributed by atoms with E-state index >= 15 is 0 Å². The van der Waals surface area contributed by atoms with Crippen LogP contribution >= 0.6 is 0 Å². The molecule has 4 bridgehead atoms. The summed E-state index contributed by atoms with van der Waals surface area (Å²) in [6.07, 6.45) is 11.2. The predicted molar refractivity (Wildman–Crippen MR) is 133 cm³/mol. The van der Waals surface area contributed by atoms with E-state index in [0.29, 0.717) is 24.8 Å². The Morgan fingerprint density at radius 1 is 0.912 bits per heavy atom. The molecule has 1 aromatic heterocycles. The van der Waals surface area contributed by atoms with Crippen LogP contribution in [0, 0.1) is 17.8 Å². The number of aryl methyl sites for hydroxylation is 1. The lowest BCUT2D eigenvalue weighted by atomic mass is 9.53. The van der Waals surface area contributed by atoms with E-state index in [1.807, 2.05) is 30.3 Å². The standard InChI is InChI=1S/C28H32N2O3S/c31-27(29-28-16-20-13-21(17-28)15-22(14-20)18-28)12-6-7-23-19-30(26-11-5-4-10-25(23)26)34(32,33)24-8-2-1-3-9-24/h1-5,8-11,19-22H,6-7,12-18H2,(H,29,31). The van der Waals surface area contributed by atoms with Crippen LogP contribution in [0.5, 0.6) is 0 Å². The van der Waals surface area contributed by atoms with Gasteiger partial charge in [-0.15, -0.1) is 0 Å². The number of para-hydroxylation sites is 1. The monoisotopic (exact) mass is 476 g/mol. The van der Waals surface area contributed by atoms with Gasteiger partial charge in [0.1, 0.15) is 0 Å². The number of rotatable bonds is 7. The second-order valence-corrected chi connectivity index (χ2v) is 12.7. The van der Waals surface area contributed by atoms with Gasteiger partial charge < -0.3 is 5.32 Å². The Morgan fingerprint density at radius 2 is 1.53 bits per heavy atom. The highest BCUT2D eigenvalue weighted by Crippen LogP contribution is 2.55. The number of carbonyl (C=O) groups is 1.